The lowest BCUT2D eigenvalue weighted by molar-refractivity contribution is -0.147. The smallest absolute Gasteiger partial charge is 0.163 e. The van der Waals surface area contributed by atoms with Crippen molar-refractivity contribution in [3.05, 3.63) is 35.4 Å². The van der Waals surface area contributed by atoms with Gasteiger partial charge in [0.05, 0.1) is 12.2 Å². The van der Waals surface area contributed by atoms with E-state index in [9.17, 15) is 0 Å². The highest BCUT2D eigenvalue weighted by molar-refractivity contribution is 5.22. The summed E-state index contributed by atoms with van der Waals surface area (Å²) < 4.78 is 12.2. The first-order valence-electron chi connectivity index (χ1n) is 8.56. The van der Waals surface area contributed by atoms with Crippen LogP contribution < -0.4 is 0 Å². The van der Waals surface area contributed by atoms with Gasteiger partial charge < -0.3 is 9.47 Å². The van der Waals surface area contributed by atoms with Crippen LogP contribution in [0.15, 0.2) is 24.3 Å². The molecule has 2 aliphatic carbocycles. The summed E-state index contributed by atoms with van der Waals surface area (Å²) in [6, 6.07) is 9.23. The highest BCUT2D eigenvalue weighted by atomic mass is 16.7. The first-order chi connectivity index (χ1) is 10.1. The molecule has 0 radical (unpaired) electrons. The third kappa shape index (κ3) is 4.08. The molecule has 21 heavy (non-hydrogen) atoms. The molecule has 2 atom stereocenters. The number of ether oxygens (including phenoxy) is 2. The van der Waals surface area contributed by atoms with Crippen molar-refractivity contribution in [3.8, 4) is 0 Å². The fraction of sp³-hybridized carbons (Fsp3) is 0.684. The summed E-state index contributed by atoms with van der Waals surface area (Å²) >= 11 is 0. The zero-order valence-corrected chi connectivity index (χ0v) is 13.4. The molecule has 3 aliphatic rings. The molecule has 0 unspecified atom stereocenters. The molecule has 0 saturated carbocycles. The highest BCUT2D eigenvalue weighted by Crippen LogP contribution is 2.33. The van der Waals surface area contributed by atoms with E-state index < -0.39 is 5.79 Å². The van der Waals surface area contributed by atoms with Crippen LogP contribution in [0.1, 0.15) is 63.5 Å². The van der Waals surface area contributed by atoms with Crippen molar-refractivity contribution < 1.29 is 9.47 Å². The highest BCUT2D eigenvalue weighted by Gasteiger charge is 2.40. The van der Waals surface area contributed by atoms with Crippen LogP contribution in [0.25, 0.3) is 0 Å². The van der Waals surface area contributed by atoms with Gasteiger partial charge >= 0.3 is 0 Å². The Hall–Kier alpha value is -0.860. The van der Waals surface area contributed by atoms with Crippen molar-refractivity contribution in [2.24, 2.45) is 0 Å². The van der Waals surface area contributed by atoms with Gasteiger partial charge in [-0.2, -0.15) is 0 Å². The molecule has 1 aromatic rings. The Morgan fingerprint density at radius 2 is 1.19 bits per heavy atom. The maximum Gasteiger partial charge on any atom is 0.163 e. The molecule has 1 saturated heterocycles. The lowest BCUT2D eigenvalue weighted by Crippen LogP contribution is -2.22. The number of rotatable bonds is 0. The molecule has 0 aromatic heterocycles. The number of aryl methyl sites for hydroxylation is 2. The molecule has 2 heteroatoms. The van der Waals surface area contributed by atoms with Crippen LogP contribution in [0.3, 0.4) is 0 Å². The van der Waals surface area contributed by atoms with Crippen molar-refractivity contribution in [3.63, 3.8) is 0 Å². The summed E-state index contributed by atoms with van der Waals surface area (Å²) in [4.78, 5) is 0. The predicted molar refractivity (Wildman–Crippen MR) is 85.4 cm³/mol. The van der Waals surface area contributed by atoms with Crippen LogP contribution >= 0.6 is 0 Å². The molecule has 0 N–H and O–H groups in total. The standard InChI is InChI=1S/C19H28O2/c1-19(2)20-17-9-5-3-7-15-11-13-16(14-12-15)8-4-6-10-18(17)21-19/h11-14,17-18H,3-10H2,1-2H3/t17-,18-/m0/s1. The van der Waals surface area contributed by atoms with Crippen molar-refractivity contribution >= 4 is 0 Å². The minimum atomic E-state index is -0.394. The molecule has 0 spiro atoms. The van der Waals surface area contributed by atoms with Gasteiger partial charge in [-0.3, -0.25) is 0 Å². The molecule has 2 bridgehead atoms. The molecule has 1 fully saturated rings. The third-order valence-corrected chi connectivity index (χ3v) is 4.72. The minimum absolute atomic E-state index is 0.295. The van der Waals surface area contributed by atoms with E-state index in [1.165, 1.54) is 49.7 Å². The molecule has 1 aromatic carbocycles. The van der Waals surface area contributed by atoms with Gasteiger partial charge in [-0.1, -0.05) is 37.1 Å². The Morgan fingerprint density at radius 1 is 0.762 bits per heavy atom. The number of fused-ring (bicyclic) bond motifs is 8. The van der Waals surface area contributed by atoms with Crippen LogP contribution in [0.4, 0.5) is 0 Å². The predicted octanol–water partition coefficient (Wildman–Crippen LogP) is 4.65. The average Bonchev–Trinajstić information content (AvgIpc) is 2.75. The van der Waals surface area contributed by atoms with Gasteiger partial charge in [0, 0.05) is 0 Å². The maximum atomic E-state index is 6.11. The molecule has 2 nitrogen and oxygen atoms in total. The summed E-state index contributed by atoms with van der Waals surface area (Å²) in [5.74, 6) is -0.394. The average molecular weight is 288 g/mol. The normalized spacial score (nSPS) is 29.8. The molecule has 1 aliphatic heterocycles. The second kappa shape index (κ2) is 6.50. The fourth-order valence-corrected chi connectivity index (χ4v) is 3.62. The van der Waals surface area contributed by atoms with Crippen molar-refractivity contribution in [1.82, 2.24) is 0 Å². The second-order valence-electron chi connectivity index (χ2n) is 7.02. The van der Waals surface area contributed by atoms with Crippen molar-refractivity contribution in [1.29, 1.82) is 0 Å². The van der Waals surface area contributed by atoms with Crippen LogP contribution in [-0.2, 0) is 22.3 Å². The summed E-state index contributed by atoms with van der Waals surface area (Å²) in [6.45, 7) is 4.10. The van der Waals surface area contributed by atoms with E-state index >= 15 is 0 Å². The summed E-state index contributed by atoms with van der Waals surface area (Å²) in [7, 11) is 0. The van der Waals surface area contributed by atoms with Gasteiger partial charge in [0.2, 0.25) is 0 Å². The van der Waals surface area contributed by atoms with Gasteiger partial charge in [-0.15, -0.1) is 0 Å². The first-order valence-corrected chi connectivity index (χ1v) is 8.56. The maximum absolute atomic E-state index is 6.11. The third-order valence-electron chi connectivity index (χ3n) is 4.72. The van der Waals surface area contributed by atoms with Crippen molar-refractivity contribution in [2.75, 3.05) is 0 Å². The number of hydrogen-bond donors (Lipinski definition) is 0. The topological polar surface area (TPSA) is 18.5 Å². The SMILES string of the molecule is CC1(C)O[C@H]2CCCCc3ccc(cc3)CCCC[C@@H]2O1. The van der Waals surface area contributed by atoms with E-state index in [4.69, 9.17) is 9.47 Å². The van der Waals surface area contributed by atoms with Crippen molar-refractivity contribution in [2.45, 2.75) is 83.2 Å². The largest absolute Gasteiger partial charge is 0.345 e. The van der Waals surface area contributed by atoms with E-state index in [1.807, 2.05) is 13.8 Å². The Kier molecular flexibility index (Phi) is 4.66. The monoisotopic (exact) mass is 288 g/mol. The summed E-state index contributed by atoms with van der Waals surface area (Å²) in [6.07, 6.45) is 10.2. The number of benzene rings is 1. The summed E-state index contributed by atoms with van der Waals surface area (Å²) in [5.41, 5.74) is 2.94. The summed E-state index contributed by atoms with van der Waals surface area (Å²) in [5, 5.41) is 0. The molecule has 116 valence electrons. The molecule has 0 amide bonds. The van der Waals surface area contributed by atoms with E-state index in [-0.39, 0.29) is 0 Å². The molecular formula is C19H28O2. The van der Waals surface area contributed by atoms with E-state index in [1.54, 1.807) is 0 Å². The van der Waals surface area contributed by atoms with E-state index in [0.29, 0.717) is 12.2 Å². The minimum Gasteiger partial charge on any atom is -0.345 e. The fourth-order valence-electron chi connectivity index (χ4n) is 3.62. The van der Waals surface area contributed by atoms with Crippen LogP contribution in [0.5, 0.6) is 0 Å². The lowest BCUT2D eigenvalue weighted by Gasteiger charge is -2.17. The molecular weight excluding hydrogens is 260 g/mol. The number of hydrogen-bond acceptors (Lipinski definition) is 2. The van der Waals surface area contributed by atoms with Crippen LogP contribution in [0.2, 0.25) is 0 Å². The first kappa shape index (κ1) is 15.1. The Bertz CT molecular complexity index is 408. The quantitative estimate of drug-likeness (QED) is 0.692. The van der Waals surface area contributed by atoms with Gasteiger partial charge in [-0.05, 0) is 63.5 Å². The van der Waals surface area contributed by atoms with Gasteiger partial charge in [0.1, 0.15) is 0 Å². The van der Waals surface area contributed by atoms with E-state index in [0.717, 1.165) is 12.8 Å². The van der Waals surface area contributed by atoms with Gasteiger partial charge in [0.15, 0.2) is 5.79 Å². The van der Waals surface area contributed by atoms with E-state index in [2.05, 4.69) is 24.3 Å². The molecule has 1 heterocycles. The zero-order chi connectivity index (χ0) is 14.7. The van der Waals surface area contributed by atoms with Crippen LogP contribution in [0, 0.1) is 0 Å². The zero-order valence-electron chi connectivity index (χ0n) is 13.4. The Balaban J connectivity index is 1.65. The van der Waals surface area contributed by atoms with Crippen LogP contribution in [-0.4, -0.2) is 18.0 Å². The second-order valence-corrected chi connectivity index (χ2v) is 7.02. The Labute approximate surface area is 128 Å². The molecule has 4 rings (SSSR count). The lowest BCUT2D eigenvalue weighted by atomic mass is 9.97. The van der Waals surface area contributed by atoms with Gasteiger partial charge in [0.25, 0.3) is 0 Å². The Morgan fingerprint density at radius 3 is 1.62 bits per heavy atom. The van der Waals surface area contributed by atoms with Gasteiger partial charge in [-0.25, -0.2) is 0 Å².